The normalized spacial score (nSPS) is 10.6. The van der Waals surface area contributed by atoms with E-state index >= 15 is 0 Å². The summed E-state index contributed by atoms with van der Waals surface area (Å²) in [6, 6.07) is 11.4. The molecule has 3 aromatic rings. The Hall–Kier alpha value is -2.31. The van der Waals surface area contributed by atoms with Crippen LogP contribution < -0.4 is 15.7 Å². The smallest absolute Gasteiger partial charge is 0.360 e. The maximum atomic E-state index is 12.5. The van der Waals surface area contributed by atoms with E-state index < -0.39 is 11.5 Å². The Balaban J connectivity index is 2.00. The van der Waals surface area contributed by atoms with Crippen molar-refractivity contribution in [2.24, 2.45) is 0 Å². The van der Waals surface area contributed by atoms with Gasteiger partial charge in [-0.3, -0.25) is 4.79 Å². The van der Waals surface area contributed by atoms with Crippen LogP contribution in [0.4, 0.5) is 5.69 Å². The molecule has 0 aliphatic rings. The third-order valence-electron chi connectivity index (χ3n) is 3.35. The fourth-order valence-electron chi connectivity index (χ4n) is 2.23. The Morgan fingerprint density at radius 1 is 1.21 bits per heavy atom. The molecule has 0 bridgehead atoms. The second-order valence-electron chi connectivity index (χ2n) is 4.93. The number of anilines is 1. The van der Waals surface area contributed by atoms with Crippen molar-refractivity contribution in [1.82, 2.24) is 0 Å². The fourth-order valence-corrected chi connectivity index (χ4v) is 2.78. The van der Waals surface area contributed by atoms with E-state index in [1.165, 1.54) is 13.2 Å². The molecule has 0 atom stereocenters. The number of methoxy groups -OCH3 is 1. The SMILES string of the molecule is COc1ccc(Cl)cc1C(=O)Nc1cc2cc(Br)ccc2oc1=O. The van der Waals surface area contributed by atoms with Crippen molar-refractivity contribution in [1.29, 1.82) is 0 Å². The zero-order chi connectivity index (χ0) is 17.3. The fraction of sp³-hybridized carbons (Fsp3) is 0.0588. The van der Waals surface area contributed by atoms with Crippen LogP contribution in [0.15, 0.2) is 56.1 Å². The second-order valence-corrected chi connectivity index (χ2v) is 6.28. The molecule has 0 saturated carbocycles. The molecule has 3 rings (SSSR count). The summed E-state index contributed by atoms with van der Waals surface area (Å²) in [5.41, 5.74) is 0.0482. The first-order valence-corrected chi connectivity index (χ1v) is 8.03. The minimum atomic E-state index is -0.640. The predicted octanol–water partition coefficient (Wildman–Crippen LogP) is 4.47. The number of amides is 1. The molecule has 1 amide bonds. The molecule has 0 aliphatic carbocycles. The lowest BCUT2D eigenvalue weighted by Crippen LogP contribution is -2.18. The maximum Gasteiger partial charge on any atom is 0.360 e. The van der Waals surface area contributed by atoms with Gasteiger partial charge >= 0.3 is 5.63 Å². The number of nitrogens with one attached hydrogen (secondary N) is 1. The second kappa shape index (κ2) is 6.67. The summed E-state index contributed by atoms with van der Waals surface area (Å²) < 4.78 is 11.2. The van der Waals surface area contributed by atoms with Crippen LogP contribution in [0.25, 0.3) is 11.0 Å². The highest BCUT2D eigenvalue weighted by Crippen LogP contribution is 2.24. The average Bonchev–Trinajstić information content (AvgIpc) is 2.55. The van der Waals surface area contributed by atoms with Crippen molar-refractivity contribution < 1.29 is 13.9 Å². The van der Waals surface area contributed by atoms with E-state index in [1.54, 1.807) is 36.4 Å². The number of ether oxygens (including phenoxy) is 1. The van der Waals surface area contributed by atoms with E-state index in [0.717, 1.165) is 4.47 Å². The van der Waals surface area contributed by atoms with Crippen LogP contribution in [-0.4, -0.2) is 13.0 Å². The van der Waals surface area contributed by atoms with E-state index in [0.29, 0.717) is 21.7 Å². The van der Waals surface area contributed by atoms with Crippen molar-refractivity contribution in [2.75, 3.05) is 12.4 Å². The lowest BCUT2D eigenvalue weighted by atomic mass is 10.1. The molecule has 0 spiro atoms. The number of rotatable bonds is 3. The van der Waals surface area contributed by atoms with Gasteiger partial charge in [-0.1, -0.05) is 27.5 Å². The van der Waals surface area contributed by atoms with Crippen LogP contribution in [0.3, 0.4) is 0 Å². The Labute approximate surface area is 150 Å². The monoisotopic (exact) mass is 407 g/mol. The van der Waals surface area contributed by atoms with Gasteiger partial charge in [-0.2, -0.15) is 0 Å². The zero-order valence-electron chi connectivity index (χ0n) is 12.4. The standard InChI is InChI=1S/C17H11BrClNO4/c1-23-15-5-3-11(19)8-12(15)16(21)20-13-7-9-6-10(18)2-4-14(9)24-17(13)22/h2-8H,1H3,(H,20,21). The van der Waals surface area contributed by atoms with Gasteiger partial charge in [0.15, 0.2) is 0 Å². The molecule has 0 saturated heterocycles. The Morgan fingerprint density at radius 3 is 2.75 bits per heavy atom. The van der Waals surface area contributed by atoms with Gasteiger partial charge in [0.05, 0.1) is 12.7 Å². The number of hydrogen-bond acceptors (Lipinski definition) is 4. The lowest BCUT2D eigenvalue weighted by molar-refractivity contribution is 0.102. The molecule has 0 unspecified atom stereocenters. The Kier molecular flexibility index (Phi) is 4.59. The summed E-state index contributed by atoms with van der Waals surface area (Å²) in [5.74, 6) is -0.166. The van der Waals surface area contributed by atoms with Gasteiger partial charge in [-0.25, -0.2) is 4.79 Å². The number of carbonyl (C=O) groups excluding carboxylic acids is 1. The van der Waals surface area contributed by atoms with Crippen LogP contribution in [0, 0.1) is 0 Å². The molecule has 0 radical (unpaired) electrons. The van der Waals surface area contributed by atoms with Gasteiger partial charge in [0.1, 0.15) is 17.0 Å². The van der Waals surface area contributed by atoms with Gasteiger partial charge in [-0.15, -0.1) is 0 Å². The number of carbonyl (C=O) groups is 1. The van der Waals surface area contributed by atoms with Gasteiger partial charge in [0.2, 0.25) is 0 Å². The summed E-state index contributed by atoms with van der Waals surface area (Å²) in [6.07, 6.45) is 0. The minimum Gasteiger partial charge on any atom is -0.496 e. The van der Waals surface area contributed by atoms with Crippen molar-refractivity contribution in [3.05, 3.63) is 67.9 Å². The molecule has 0 aliphatic heterocycles. The van der Waals surface area contributed by atoms with Gasteiger partial charge < -0.3 is 14.5 Å². The highest BCUT2D eigenvalue weighted by molar-refractivity contribution is 9.10. The summed E-state index contributed by atoms with van der Waals surface area (Å²) in [4.78, 5) is 24.5. The summed E-state index contributed by atoms with van der Waals surface area (Å²) in [5, 5.41) is 3.60. The van der Waals surface area contributed by atoms with Gasteiger partial charge in [0.25, 0.3) is 5.91 Å². The summed E-state index contributed by atoms with van der Waals surface area (Å²) >= 11 is 9.28. The van der Waals surface area contributed by atoms with Crippen molar-refractivity contribution >= 4 is 50.1 Å². The number of hydrogen-bond donors (Lipinski definition) is 1. The van der Waals surface area contributed by atoms with Crippen LogP contribution in [0.1, 0.15) is 10.4 Å². The third-order valence-corrected chi connectivity index (χ3v) is 4.08. The molecule has 2 aromatic carbocycles. The van der Waals surface area contributed by atoms with Crippen molar-refractivity contribution in [3.8, 4) is 5.75 Å². The Bertz CT molecular complexity index is 1000. The quantitative estimate of drug-likeness (QED) is 0.649. The first kappa shape index (κ1) is 16.5. The van der Waals surface area contributed by atoms with Crippen LogP contribution in [0.5, 0.6) is 5.75 Å². The van der Waals surface area contributed by atoms with Crippen LogP contribution in [0.2, 0.25) is 5.02 Å². The third kappa shape index (κ3) is 3.29. The zero-order valence-corrected chi connectivity index (χ0v) is 14.8. The first-order valence-electron chi connectivity index (χ1n) is 6.86. The lowest BCUT2D eigenvalue weighted by Gasteiger charge is -2.09. The first-order chi connectivity index (χ1) is 11.5. The highest BCUT2D eigenvalue weighted by Gasteiger charge is 2.16. The molecular weight excluding hydrogens is 398 g/mol. The van der Waals surface area contributed by atoms with E-state index in [1.807, 2.05) is 0 Å². The molecule has 5 nitrogen and oxygen atoms in total. The van der Waals surface area contributed by atoms with Gasteiger partial charge in [0, 0.05) is 14.9 Å². The topological polar surface area (TPSA) is 68.5 Å². The van der Waals surface area contributed by atoms with Gasteiger partial charge in [-0.05, 0) is 42.5 Å². The Morgan fingerprint density at radius 2 is 2.00 bits per heavy atom. The molecule has 1 aromatic heterocycles. The number of benzene rings is 2. The highest BCUT2D eigenvalue weighted by atomic mass is 79.9. The van der Waals surface area contributed by atoms with E-state index in [4.69, 9.17) is 20.8 Å². The minimum absolute atomic E-state index is 0.0348. The van der Waals surface area contributed by atoms with Crippen molar-refractivity contribution in [3.63, 3.8) is 0 Å². The molecule has 0 fully saturated rings. The molecule has 24 heavy (non-hydrogen) atoms. The predicted molar refractivity (Wildman–Crippen MR) is 96.1 cm³/mol. The van der Waals surface area contributed by atoms with E-state index in [2.05, 4.69) is 21.2 Å². The van der Waals surface area contributed by atoms with E-state index in [9.17, 15) is 9.59 Å². The summed E-state index contributed by atoms with van der Waals surface area (Å²) in [7, 11) is 1.45. The number of fused-ring (bicyclic) bond motifs is 1. The maximum absolute atomic E-state index is 12.5. The number of halogens is 2. The van der Waals surface area contributed by atoms with Crippen LogP contribution >= 0.6 is 27.5 Å². The average molecular weight is 409 g/mol. The molecular formula is C17H11BrClNO4. The molecule has 122 valence electrons. The van der Waals surface area contributed by atoms with Crippen molar-refractivity contribution in [2.45, 2.75) is 0 Å². The van der Waals surface area contributed by atoms with Crippen LogP contribution in [-0.2, 0) is 0 Å². The largest absolute Gasteiger partial charge is 0.496 e. The molecule has 7 heteroatoms. The van der Waals surface area contributed by atoms with E-state index in [-0.39, 0.29) is 11.3 Å². The summed E-state index contributed by atoms with van der Waals surface area (Å²) in [6.45, 7) is 0. The molecule has 1 heterocycles. The molecule has 1 N–H and O–H groups in total.